The van der Waals surface area contributed by atoms with Crippen molar-refractivity contribution >= 4 is 11.8 Å². The van der Waals surface area contributed by atoms with Crippen LogP contribution in [0.5, 0.6) is 0 Å². The highest BCUT2D eigenvalue weighted by atomic mass is 16.3. The van der Waals surface area contributed by atoms with E-state index >= 15 is 0 Å². The Morgan fingerprint density at radius 2 is 1.84 bits per heavy atom. The van der Waals surface area contributed by atoms with Crippen LogP contribution in [0, 0.1) is 0 Å². The van der Waals surface area contributed by atoms with Gasteiger partial charge in [-0.05, 0) is 30.4 Å². The number of nitrogens with zero attached hydrogens (tertiary/aromatic N) is 2. The molecule has 6 nitrogen and oxygen atoms in total. The number of urea groups is 1. The third kappa shape index (κ3) is 4.82. The van der Waals surface area contributed by atoms with E-state index in [1.165, 1.54) is 19.3 Å². The lowest BCUT2D eigenvalue weighted by Crippen LogP contribution is -2.31. The van der Waals surface area contributed by atoms with Gasteiger partial charge in [0, 0.05) is 12.6 Å². The monoisotopic (exact) mass is 342 g/mol. The molecule has 3 rings (SSSR count). The van der Waals surface area contributed by atoms with E-state index in [1.807, 2.05) is 35.0 Å². The van der Waals surface area contributed by atoms with Crippen molar-refractivity contribution in [3.05, 3.63) is 47.7 Å². The molecule has 1 aromatic heterocycles. The van der Waals surface area contributed by atoms with Crippen LogP contribution in [0.1, 0.15) is 49.3 Å². The van der Waals surface area contributed by atoms with E-state index in [1.54, 1.807) is 6.20 Å². The van der Waals surface area contributed by atoms with E-state index in [0.717, 1.165) is 36.2 Å². The predicted molar refractivity (Wildman–Crippen MR) is 97.4 cm³/mol. The van der Waals surface area contributed by atoms with Gasteiger partial charge in [0.15, 0.2) is 0 Å². The number of hydrogen-bond donors (Lipinski definition) is 3. The second-order valence-corrected chi connectivity index (χ2v) is 6.56. The molecule has 0 aliphatic heterocycles. The van der Waals surface area contributed by atoms with Crippen LogP contribution in [0.2, 0.25) is 0 Å². The summed E-state index contributed by atoms with van der Waals surface area (Å²) in [5.74, 6) is 0.761. The molecule has 0 bridgehead atoms. The Morgan fingerprint density at radius 3 is 2.56 bits per heavy atom. The second-order valence-electron chi connectivity index (χ2n) is 6.56. The van der Waals surface area contributed by atoms with Gasteiger partial charge in [0.1, 0.15) is 5.82 Å². The molecule has 2 amide bonds. The first kappa shape index (κ1) is 17.5. The van der Waals surface area contributed by atoms with E-state index < -0.39 is 0 Å². The minimum atomic E-state index is -0.204. The zero-order chi connectivity index (χ0) is 17.5. The summed E-state index contributed by atoms with van der Waals surface area (Å²) >= 11 is 0. The summed E-state index contributed by atoms with van der Waals surface area (Å²) in [4.78, 5) is 12.1. The average molecular weight is 342 g/mol. The Hall–Kier alpha value is -2.34. The highest BCUT2D eigenvalue weighted by Gasteiger charge is 2.19. The number of aromatic nitrogens is 2. The molecule has 1 aliphatic rings. The Labute approximate surface area is 148 Å². The molecule has 1 heterocycles. The predicted octanol–water partition coefficient (Wildman–Crippen LogP) is 3.24. The fraction of sp³-hybridized carbons (Fsp3) is 0.474. The standard InChI is InChI=1S/C19H26N4O2/c24-14-16-8-6-15(7-9-16)10-12-20-19(25)22-18-11-13-21-23(18)17-4-2-1-3-5-17/h6-9,11,13,17,24H,1-5,10,12,14H2,(H2,20,22,25). The first-order valence-corrected chi connectivity index (χ1v) is 9.03. The maximum absolute atomic E-state index is 12.1. The SMILES string of the molecule is O=C(NCCc1ccc(CO)cc1)Nc1ccnn1C1CCCCC1. The Morgan fingerprint density at radius 1 is 1.12 bits per heavy atom. The number of anilines is 1. The molecule has 0 radical (unpaired) electrons. The van der Waals surface area contributed by atoms with Crippen LogP contribution in [-0.4, -0.2) is 27.5 Å². The number of nitrogens with one attached hydrogen (secondary N) is 2. The van der Waals surface area contributed by atoms with Crippen molar-refractivity contribution in [3.8, 4) is 0 Å². The normalized spacial score (nSPS) is 15.1. The summed E-state index contributed by atoms with van der Waals surface area (Å²) in [5, 5.41) is 19.2. The zero-order valence-electron chi connectivity index (χ0n) is 14.4. The summed E-state index contributed by atoms with van der Waals surface area (Å²) in [5.41, 5.74) is 2.02. The lowest BCUT2D eigenvalue weighted by Gasteiger charge is -2.23. The number of rotatable bonds is 6. The molecule has 0 atom stereocenters. The van der Waals surface area contributed by atoms with Crippen molar-refractivity contribution in [2.45, 2.75) is 51.2 Å². The van der Waals surface area contributed by atoms with Gasteiger partial charge in [-0.2, -0.15) is 5.10 Å². The molecule has 1 saturated carbocycles. The van der Waals surface area contributed by atoms with Crippen LogP contribution in [0.25, 0.3) is 0 Å². The van der Waals surface area contributed by atoms with E-state index in [2.05, 4.69) is 15.7 Å². The first-order valence-electron chi connectivity index (χ1n) is 9.03. The fourth-order valence-corrected chi connectivity index (χ4v) is 3.32. The van der Waals surface area contributed by atoms with Crippen LogP contribution >= 0.6 is 0 Å². The average Bonchev–Trinajstić information content (AvgIpc) is 3.11. The summed E-state index contributed by atoms with van der Waals surface area (Å²) in [6.07, 6.45) is 8.49. The molecule has 134 valence electrons. The number of aliphatic hydroxyl groups excluding tert-OH is 1. The van der Waals surface area contributed by atoms with E-state index in [4.69, 9.17) is 5.11 Å². The van der Waals surface area contributed by atoms with Crippen molar-refractivity contribution in [2.24, 2.45) is 0 Å². The molecular weight excluding hydrogens is 316 g/mol. The van der Waals surface area contributed by atoms with Gasteiger partial charge >= 0.3 is 6.03 Å². The summed E-state index contributed by atoms with van der Waals surface area (Å²) in [7, 11) is 0. The molecule has 0 spiro atoms. The molecule has 1 aromatic carbocycles. The molecular formula is C19H26N4O2. The lowest BCUT2D eigenvalue weighted by atomic mass is 9.96. The van der Waals surface area contributed by atoms with Crippen molar-refractivity contribution in [2.75, 3.05) is 11.9 Å². The van der Waals surface area contributed by atoms with Gasteiger partial charge in [-0.15, -0.1) is 0 Å². The second kappa shape index (κ2) is 8.67. The quantitative estimate of drug-likeness (QED) is 0.754. The third-order valence-electron chi connectivity index (χ3n) is 4.74. The van der Waals surface area contributed by atoms with Crippen LogP contribution in [-0.2, 0) is 13.0 Å². The highest BCUT2D eigenvalue weighted by Crippen LogP contribution is 2.29. The van der Waals surface area contributed by atoms with Crippen LogP contribution < -0.4 is 10.6 Å². The first-order chi connectivity index (χ1) is 12.3. The molecule has 25 heavy (non-hydrogen) atoms. The van der Waals surface area contributed by atoms with Crippen LogP contribution in [0.3, 0.4) is 0 Å². The molecule has 6 heteroatoms. The zero-order valence-corrected chi connectivity index (χ0v) is 14.4. The topological polar surface area (TPSA) is 79.2 Å². The van der Waals surface area contributed by atoms with Crippen LogP contribution in [0.15, 0.2) is 36.5 Å². The number of aliphatic hydroxyl groups is 1. The molecule has 1 aliphatic carbocycles. The van der Waals surface area contributed by atoms with E-state index in [-0.39, 0.29) is 12.6 Å². The van der Waals surface area contributed by atoms with Gasteiger partial charge in [-0.25, -0.2) is 9.48 Å². The van der Waals surface area contributed by atoms with Crippen molar-refractivity contribution < 1.29 is 9.90 Å². The molecule has 3 N–H and O–H groups in total. The number of amides is 2. The minimum absolute atomic E-state index is 0.0512. The van der Waals surface area contributed by atoms with Crippen molar-refractivity contribution in [1.82, 2.24) is 15.1 Å². The summed E-state index contributed by atoms with van der Waals surface area (Å²) in [6.45, 7) is 0.609. The summed E-state index contributed by atoms with van der Waals surface area (Å²) in [6, 6.07) is 9.79. The molecule has 0 saturated heterocycles. The number of benzene rings is 1. The molecule has 2 aromatic rings. The number of carbonyl (C=O) groups is 1. The number of hydrogen-bond acceptors (Lipinski definition) is 3. The van der Waals surface area contributed by atoms with Gasteiger partial charge in [-0.1, -0.05) is 43.5 Å². The van der Waals surface area contributed by atoms with Gasteiger partial charge in [0.25, 0.3) is 0 Å². The third-order valence-corrected chi connectivity index (χ3v) is 4.74. The smallest absolute Gasteiger partial charge is 0.320 e. The molecule has 1 fully saturated rings. The fourth-order valence-electron chi connectivity index (χ4n) is 3.32. The number of carbonyl (C=O) groups excluding carboxylic acids is 1. The van der Waals surface area contributed by atoms with E-state index in [0.29, 0.717) is 12.6 Å². The largest absolute Gasteiger partial charge is 0.392 e. The maximum Gasteiger partial charge on any atom is 0.320 e. The lowest BCUT2D eigenvalue weighted by molar-refractivity contribution is 0.251. The van der Waals surface area contributed by atoms with Gasteiger partial charge in [0.2, 0.25) is 0 Å². The van der Waals surface area contributed by atoms with Gasteiger partial charge in [0.05, 0.1) is 18.8 Å². The summed E-state index contributed by atoms with van der Waals surface area (Å²) < 4.78 is 1.95. The minimum Gasteiger partial charge on any atom is -0.392 e. The maximum atomic E-state index is 12.1. The van der Waals surface area contributed by atoms with Crippen molar-refractivity contribution in [3.63, 3.8) is 0 Å². The Kier molecular flexibility index (Phi) is 6.06. The Balaban J connectivity index is 1.47. The van der Waals surface area contributed by atoms with E-state index in [9.17, 15) is 4.79 Å². The highest BCUT2D eigenvalue weighted by molar-refractivity contribution is 5.88. The van der Waals surface area contributed by atoms with Crippen LogP contribution in [0.4, 0.5) is 10.6 Å². The van der Waals surface area contributed by atoms with Gasteiger partial charge in [-0.3, -0.25) is 5.32 Å². The Bertz CT molecular complexity index is 675. The van der Waals surface area contributed by atoms with Gasteiger partial charge < -0.3 is 10.4 Å². The molecule has 0 unspecified atom stereocenters. The van der Waals surface area contributed by atoms with Crippen molar-refractivity contribution in [1.29, 1.82) is 0 Å².